The van der Waals surface area contributed by atoms with Crippen LogP contribution in [-0.2, 0) is 28.9 Å². The molecule has 3 aromatic rings. The van der Waals surface area contributed by atoms with Crippen LogP contribution >= 0.6 is 0 Å². The molecule has 13 heteroatoms. The summed E-state index contributed by atoms with van der Waals surface area (Å²) in [6.07, 6.45) is -0.0877. The van der Waals surface area contributed by atoms with Crippen LogP contribution in [0, 0.1) is 6.92 Å². The molecule has 0 radical (unpaired) electrons. The van der Waals surface area contributed by atoms with E-state index in [4.69, 9.17) is 0 Å². The van der Waals surface area contributed by atoms with E-state index in [1.807, 2.05) is 0 Å². The Morgan fingerprint density at radius 3 is 2.57 bits per heavy atom. The highest BCUT2D eigenvalue weighted by Gasteiger charge is 2.32. The van der Waals surface area contributed by atoms with Gasteiger partial charge < -0.3 is 10.2 Å². The van der Waals surface area contributed by atoms with Gasteiger partial charge in [-0.2, -0.15) is 23.3 Å². The quantitative estimate of drug-likeness (QED) is 0.588. The zero-order valence-electron chi connectivity index (χ0n) is 19.5. The highest BCUT2D eigenvalue weighted by atomic mass is 19.4. The molecule has 0 aliphatic carbocycles. The number of aryl methyl sites for hydroxylation is 1. The summed E-state index contributed by atoms with van der Waals surface area (Å²) in [6.45, 7) is 5.21. The van der Waals surface area contributed by atoms with Gasteiger partial charge in [-0.1, -0.05) is 6.07 Å². The third-order valence-electron chi connectivity index (χ3n) is 5.71. The number of alkyl halides is 3. The van der Waals surface area contributed by atoms with E-state index in [1.165, 1.54) is 17.9 Å². The maximum Gasteiger partial charge on any atom is 0.433 e. The first kappa shape index (κ1) is 24.1. The summed E-state index contributed by atoms with van der Waals surface area (Å²) in [5, 5.41) is 7.04. The minimum Gasteiger partial charge on any atom is -0.346 e. The second kappa shape index (κ2) is 8.96. The summed E-state index contributed by atoms with van der Waals surface area (Å²) in [7, 11) is 1.75. The highest BCUT2D eigenvalue weighted by molar-refractivity contribution is 6.03. The number of likely N-dealkylation sites (N-methyl/N-ethyl adjacent to an activating group) is 1. The molecule has 35 heavy (non-hydrogen) atoms. The molecule has 0 bridgehead atoms. The molecule has 1 N–H and O–H groups in total. The lowest BCUT2D eigenvalue weighted by molar-refractivity contribution is -0.141. The standard InChI is InChI=1S/C22H23F3N8O2/c1-12-18-19(31(4)13(2)20(35)29-18)30-21(28-12)33(14(3)34)11-16-8-27-32(10-16)9-15-5-6-17(26-7-15)22(23,24)25/h5-8,10,13H,9,11H2,1-4H3,(H,29,35). The molecule has 4 heterocycles. The highest BCUT2D eigenvalue weighted by Crippen LogP contribution is 2.33. The summed E-state index contributed by atoms with van der Waals surface area (Å²) in [4.78, 5) is 40.2. The van der Waals surface area contributed by atoms with Crippen molar-refractivity contribution in [3.8, 4) is 0 Å². The summed E-state index contributed by atoms with van der Waals surface area (Å²) in [5.41, 5.74) is 1.28. The van der Waals surface area contributed by atoms with Crippen LogP contribution in [0.4, 0.5) is 30.6 Å². The van der Waals surface area contributed by atoms with E-state index in [1.54, 1.807) is 42.9 Å². The van der Waals surface area contributed by atoms with Crippen LogP contribution < -0.4 is 15.1 Å². The Balaban J connectivity index is 1.54. The molecular weight excluding hydrogens is 465 g/mol. The fraction of sp³-hybridized carbons (Fsp3) is 0.364. The maximum atomic E-state index is 12.7. The normalized spacial score (nSPS) is 15.6. The van der Waals surface area contributed by atoms with Crippen LogP contribution in [0.5, 0.6) is 0 Å². The van der Waals surface area contributed by atoms with Gasteiger partial charge in [0.15, 0.2) is 5.82 Å². The van der Waals surface area contributed by atoms with Gasteiger partial charge in [0.05, 0.1) is 25.0 Å². The third kappa shape index (κ3) is 4.93. The Labute approximate surface area is 198 Å². The number of anilines is 3. The molecule has 1 aliphatic rings. The number of pyridine rings is 1. The molecule has 3 aromatic heterocycles. The molecule has 0 saturated heterocycles. The van der Waals surface area contributed by atoms with Crippen molar-refractivity contribution in [2.45, 2.75) is 46.1 Å². The number of nitrogens with one attached hydrogen (secondary N) is 1. The summed E-state index contributed by atoms with van der Waals surface area (Å²) < 4.78 is 39.7. The van der Waals surface area contributed by atoms with Gasteiger partial charge in [-0.25, -0.2) is 4.98 Å². The molecule has 1 aliphatic heterocycles. The third-order valence-corrected chi connectivity index (χ3v) is 5.71. The van der Waals surface area contributed by atoms with Crippen molar-refractivity contribution in [1.29, 1.82) is 0 Å². The second-order valence-electron chi connectivity index (χ2n) is 8.28. The van der Waals surface area contributed by atoms with Crippen molar-refractivity contribution in [1.82, 2.24) is 24.7 Å². The van der Waals surface area contributed by atoms with Crippen LogP contribution in [0.1, 0.15) is 36.4 Å². The minimum atomic E-state index is -4.50. The van der Waals surface area contributed by atoms with Gasteiger partial charge in [-0.15, -0.1) is 0 Å². The van der Waals surface area contributed by atoms with E-state index in [0.717, 1.165) is 12.3 Å². The molecule has 2 amide bonds. The largest absolute Gasteiger partial charge is 0.433 e. The summed E-state index contributed by atoms with van der Waals surface area (Å²) >= 11 is 0. The second-order valence-corrected chi connectivity index (χ2v) is 8.28. The van der Waals surface area contributed by atoms with Gasteiger partial charge in [0.1, 0.15) is 17.4 Å². The smallest absolute Gasteiger partial charge is 0.346 e. The van der Waals surface area contributed by atoms with Gasteiger partial charge in [-0.3, -0.25) is 24.2 Å². The number of hydrogen-bond donors (Lipinski definition) is 1. The molecule has 0 fully saturated rings. The predicted molar refractivity (Wildman–Crippen MR) is 121 cm³/mol. The lowest BCUT2D eigenvalue weighted by Gasteiger charge is -2.33. The van der Waals surface area contributed by atoms with Crippen LogP contribution in [0.15, 0.2) is 30.7 Å². The fourth-order valence-electron chi connectivity index (χ4n) is 3.61. The van der Waals surface area contributed by atoms with Gasteiger partial charge in [-0.05, 0) is 25.5 Å². The topological polar surface area (TPSA) is 109 Å². The van der Waals surface area contributed by atoms with E-state index in [9.17, 15) is 22.8 Å². The summed E-state index contributed by atoms with van der Waals surface area (Å²) in [6, 6.07) is 1.83. The molecular formula is C22H23F3N8O2. The number of carbonyl (C=O) groups excluding carboxylic acids is 2. The number of fused-ring (bicyclic) bond motifs is 1. The molecule has 1 unspecified atom stereocenters. The zero-order valence-corrected chi connectivity index (χ0v) is 19.5. The molecule has 0 aromatic carbocycles. The van der Waals surface area contributed by atoms with E-state index in [0.29, 0.717) is 28.3 Å². The average molecular weight is 488 g/mol. The van der Waals surface area contributed by atoms with E-state index >= 15 is 0 Å². The van der Waals surface area contributed by atoms with Gasteiger partial charge in [0.2, 0.25) is 17.8 Å². The maximum absolute atomic E-state index is 12.7. The number of rotatable bonds is 5. The summed E-state index contributed by atoms with van der Waals surface area (Å²) in [5.74, 6) is 0.234. The number of carbonyl (C=O) groups is 2. The molecule has 1 atom stereocenters. The van der Waals surface area contributed by atoms with Crippen LogP contribution in [0.2, 0.25) is 0 Å². The number of halogens is 3. The molecule has 4 rings (SSSR count). The Morgan fingerprint density at radius 2 is 1.94 bits per heavy atom. The molecule has 0 saturated carbocycles. The minimum absolute atomic E-state index is 0.129. The van der Waals surface area contributed by atoms with Crippen LogP contribution in [-0.4, -0.2) is 49.6 Å². The van der Waals surface area contributed by atoms with E-state index in [2.05, 4.69) is 25.4 Å². The first-order valence-corrected chi connectivity index (χ1v) is 10.7. The van der Waals surface area contributed by atoms with Crippen molar-refractivity contribution >= 4 is 29.3 Å². The number of hydrogen-bond acceptors (Lipinski definition) is 7. The lowest BCUT2D eigenvalue weighted by Crippen LogP contribution is -2.45. The van der Waals surface area contributed by atoms with E-state index in [-0.39, 0.29) is 30.9 Å². The van der Waals surface area contributed by atoms with Crippen molar-refractivity contribution in [2.75, 3.05) is 22.2 Å². The fourth-order valence-corrected chi connectivity index (χ4v) is 3.61. The van der Waals surface area contributed by atoms with Crippen LogP contribution in [0.25, 0.3) is 0 Å². The van der Waals surface area contributed by atoms with Crippen LogP contribution in [0.3, 0.4) is 0 Å². The van der Waals surface area contributed by atoms with Crippen molar-refractivity contribution in [3.05, 3.63) is 53.2 Å². The van der Waals surface area contributed by atoms with Crippen molar-refractivity contribution in [2.24, 2.45) is 0 Å². The first-order valence-electron chi connectivity index (χ1n) is 10.7. The molecule has 0 spiro atoms. The Bertz CT molecular complexity index is 1270. The van der Waals surface area contributed by atoms with E-state index < -0.39 is 17.9 Å². The van der Waals surface area contributed by atoms with Gasteiger partial charge in [0, 0.05) is 31.9 Å². The lowest BCUT2D eigenvalue weighted by atomic mass is 10.2. The van der Waals surface area contributed by atoms with Crippen molar-refractivity contribution in [3.63, 3.8) is 0 Å². The first-order chi connectivity index (χ1) is 16.4. The SMILES string of the molecule is CC(=O)N(Cc1cnn(Cc2ccc(C(F)(F)F)nc2)c1)c1nc(C)c2c(n1)N(C)C(C)C(=O)N2. The van der Waals surface area contributed by atoms with Crippen molar-refractivity contribution < 1.29 is 22.8 Å². The number of amides is 2. The Hall–Kier alpha value is -4.03. The zero-order chi connectivity index (χ0) is 25.5. The monoisotopic (exact) mass is 488 g/mol. The number of nitrogens with zero attached hydrogens (tertiary/aromatic N) is 7. The molecule has 184 valence electrons. The Morgan fingerprint density at radius 1 is 1.20 bits per heavy atom. The van der Waals surface area contributed by atoms with Gasteiger partial charge >= 0.3 is 6.18 Å². The number of aromatic nitrogens is 5. The Kier molecular flexibility index (Phi) is 6.17. The molecule has 10 nitrogen and oxygen atoms in total. The predicted octanol–water partition coefficient (Wildman–Crippen LogP) is 2.77. The van der Waals surface area contributed by atoms with Gasteiger partial charge in [0.25, 0.3) is 0 Å². The average Bonchev–Trinajstić information content (AvgIpc) is 3.23.